The third-order valence-electron chi connectivity index (χ3n) is 5.84. The molecule has 0 aliphatic carbocycles. The van der Waals surface area contributed by atoms with Gasteiger partial charge in [0.2, 0.25) is 0 Å². The molecule has 1 aliphatic rings. The molecule has 8 nitrogen and oxygen atoms in total. The van der Waals surface area contributed by atoms with Gasteiger partial charge in [0.15, 0.2) is 0 Å². The van der Waals surface area contributed by atoms with Gasteiger partial charge >= 0.3 is 0 Å². The summed E-state index contributed by atoms with van der Waals surface area (Å²) < 4.78 is 6.37. The van der Waals surface area contributed by atoms with Crippen LogP contribution in [0.3, 0.4) is 0 Å². The van der Waals surface area contributed by atoms with E-state index in [1.807, 2.05) is 42.5 Å². The van der Waals surface area contributed by atoms with Gasteiger partial charge in [-0.25, -0.2) is 4.98 Å². The van der Waals surface area contributed by atoms with E-state index >= 15 is 0 Å². The summed E-state index contributed by atoms with van der Waals surface area (Å²) in [5, 5.41) is 45.1. The Balaban J connectivity index is 1.42. The second kappa shape index (κ2) is 8.79. The number of aromatic nitrogens is 1. The molecular formula is C24H22N2O6S. The average Bonchev–Trinajstić information content (AvgIpc) is 3.26. The second-order valence-electron chi connectivity index (χ2n) is 7.96. The summed E-state index contributed by atoms with van der Waals surface area (Å²) in [7, 11) is 0. The minimum Gasteiger partial charge on any atom is -0.394 e. The van der Waals surface area contributed by atoms with E-state index in [1.165, 1.54) is 11.3 Å². The lowest BCUT2D eigenvalue weighted by molar-refractivity contribution is -0.231. The van der Waals surface area contributed by atoms with Gasteiger partial charge in [-0.3, -0.25) is 4.79 Å². The molecule has 9 heteroatoms. The van der Waals surface area contributed by atoms with Crippen molar-refractivity contribution in [1.29, 1.82) is 0 Å². The van der Waals surface area contributed by atoms with Gasteiger partial charge in [-0.2, -0.15) is 0 Å². The number of benzene rings is 3. The number of fused-ring (bicyclic) bond motifs is 2. The molecule has 0 radical (unpaired) electrons. The van der Waals surface area contributed by atoms with Crippen molar-refractivity contribution in [3.63, 3.8) is 0 Å². The molecule has 0 unspecified atom stereocenters. The highest BCUT2D eigenvalue weighted by Crippen LogP contribution is 2.36. The van der Waals surface area contributed by atoms with Crippen LogP contribution < -0.4 is 5.32 Å². The van der Waals surface area contributed by atoms with Gasteiger partial charge in [-0.1, -0.05) is 36.4 Å². The molecule has 0 spiro atoms. The Morgan fingerprint density at radius 1 is 1.00 bits per heavy atom. The monoisotopic (exact) mass is 466 g/mol. The average molecular weight is 467 g/mol. The minimum absolute atomic E-state index is 0.282. The third kappa shape index (κ3) is 3.99. The fourth-order valence-corrected chi connectivity index (χ4v) is 5.07. The Hall–Kier alpha value is -2.92. The van der Waals surface area contributed by atoms with Crippen LogP contribution in [0.5, 0.6) is 0 Å². The quantitative estimate of drug-likeness (QED) is 0.312. The molecule has 5 atom stereocenters. The van der Waals surface area contributed by atoms with Crippen LogP contribution in [-0.2, 0) is 4.74 Å². The van der Waals surface area contributed by atoms with Gasteiger partial charge < -0.3 is 30.5 Å². The summed E-state index contributed by atoms with van der Waals surface area (Å²) in [6.07, 6.45) is -6.33. The maximum absolute atomic E-state index is 12.9. The number of rotatable bonds is 4. The molecule has 1 fully saturated rings. The number of nitrogens with zero attached hydrogens (tertiary/aromatic N) is 1. The van der Waals surface area contributed by atoms with E-state index in [0.717, 1.165) is 15.5 Å². The van der Waals surface area contributed by atoms with Crippen molar-refractivity contribution in [2.75, 3.05) is 11.9 Å². The Labute approximate surface area is 192 Å². The highest BCUT2D eigenvalue weighted by molar-refractivity contribution is 7.18. The maximum atomic E-state index is 12.9. The molecule has 0 bridgehead atoms. The first kappa shape index (κ1) is 21.9. The van der Waals surface area contributed by atoms with E-state index in [-0.39, 0.29) is 5.91 Å². The number of hydrogen-bond acceptors (Lipinski definition) is 8. The normalized spacial score (nSPS) is 25.4. The fourth-order valence-electron chi connectivity index (χ4n) is 4.04. The second-order valence-corrected chi connectivity index (χ2v) is 9.03. The predicted molar refractivity (Wildman–Crippen MR) is 124 cm³/mol. The number of carbonyl (C=O) groups excluding carboxylic acids is 1. The SMILES string of the molecule is O=C(Nc1cccc2ccccc12)c1ccc2sc([C@@H]3O[C@H](CO)[C@H](O)[C@H](O)[C@H]3O)nc2c1. The largest absolute Gasteiger partial charge is 0.394 e. The van der Waals surface area contributed by atoms with Crippen LogP contribution in [0, 0.1) is 0 Å². The summed E-state index contributed by atoms with van der Waals surface area (Å²) in [6, 6.07) is 18.6. The highest BCUT2D eigenvalue weighted by atomic mass is 32.1. The Morgan fingerprint density at radius 3 is 2.61 bits per heavy atom. The van der Waals surface area contributed by atoms with Crippen LogP contribution in [0.4, 0.5) is 5.69 Å². The van der Waals surface area contributed by atoms with Crippen LogP contribution in [0.1, 0.15) is 21.5 Å². The zero-order valence-electron chi connectivity index (χ0n) is 17.3. The number of amides is 1. The van der Waals surface area contributed by atoms with Crippen molar-refractivity contribution in [2.45, 2.75) is 30.5 Å². The molecule has 0 saturated carbocycles. The summed E-state index contributed by atoms with van der Waals surface area (Å²) in [5.41, 5.74) is 1.66. The topological polar surface area (TPSA) is 132 Å². The van der Waals surface area contributed by atoms with Gasteiger partial charge in [0.1, 0.15) is 35.5 Å². The maximum Gasteiger partial charge on any atom is 0.255 e. The van der Waals surface area contributed by atoms with E-state index < -0.39 is 37.1 Å². The van der Waals surface area contributed by atoms with E-state index in [2.05, 4.69) is 10.3 Å². The van der Waals surface area contributed by atoms with Crippen molar-refractivity contribution in [3.8, 4) is 0 Å². The van der Waals surface area contributed by atoms with Crippen molar-refractivity contribution in [2.24, 2.45) is 0 Å². The summed E-state index contributed by atoms with van der Waals surface area (Å²) in [5.74, 6) is -0.282. The summed E-state index contributed by atoms with van der Waals surface area (Å²) in [6.45, 7) is -0.509. The number of ether oxygens (including phenoxy) is 1. The van der Waals surface area contributed by atoms with Crippen molar-refractivity contribution < 1.29 is 30.0 Å². The molecule has 3 aromatic carbocycles. The number of carbonyl (C=O) groups is 1. The number of thiazole rings is 1. The van der Waals surface area contributed by atoms with Crippen molar-refractivity contribution >= 4 is 43.9 Å². The van der Waals surface area contributed by atoms with Crippen LogP contribution in [0.25, 0.3) is 21.0 Å². The minimum atomic E-state index is -1.48. The Morgan fingerprint density at radius 2 is 1.79 bits per heavy atom. The van der Waals surface area contributed by atoms with Crippen molar-refractivity contribution in [3.05, 3.63) is 71.2 Å². The van der Waals surface area contributed by atoms with E-state index in [4.69, 9.17) is 4.74 Å². The van der Waals surface area contributed by atoms with Crippen LogP contribution in [-0.4, -0.2) is 62.3 Å². The molecule has 5 N–H and O–H groups in total. The zero-order chi connectivity index (χ0) is 23.1. The lowest BCUT2D eigenvalue weighted by Gasteiger charge is -2.39. The third-order valence-corrected chi connectivity index (χ3v) is 6.94. The fraction of sp³-hybridized carbons (Fsp3) is 0.250. The van der Waals surface area contributed by atoms with Crippen LogP contribution in [0.2, 0.25) is 0 Å². The molecule has 170 valence electrons. The van der Waals surface area contributed by atoms with Gasteiger partial charge in [0.25, 0.3) is 5.91 Å². The van der Waals surface area contributed by atoms with E-state index in [0.29, 0.717) is 21.8 Å². The van der Waals surface area contributed by atoms with Gasteiger partial charge in [-0.15, -0.1) is 11.3 Å². The van der Waals surface area contributed by atoms with Crippen LogP contribution in [0.15, 0.2) is 60.7 Å². The first-order valence-electron chi connectivity index (χ1n) is 10.5. The zero-order valence-corrected chi connectivity index (χ0v) is 18.1. The lowest BCUT2D eigenvalue weighted by atomic mass is 9.95. The van der Waals surface area contributed by atoms with Gasteiger partial charge in [-0.05, 0) is 29.7 Å². The molecule has 1 amide bonds. The highest BCUT2D eigenvalue weighted by Gasteiger charge is 2.45. The lowest BCUT2D eigenvalue weighted by Crippen LogP contribution is -2.55. The number of anilines is 1. The van der Waals surface area contributed by atoms with Crippen molar-refractivity contribution in [1.82, 2.24) is 4.98 Å². The first-order chi connectivity index (χ1) is 16.0. The predicted octanol–water partition coefficient (Wildman–Crippen LogP) is 2.22. The Kier molecular flexibility index (Phi) is 5.83. The van der Waals surface area contributed by atoms with E-state index in [1.54, 1.807) is 18.2 Å². The molecule has 2 heterocycles. The molecule has 1 saturated heterocycles. The molecule has 1 aromatic heterocycles. The van der Waals surface area contributed by atoms with Gasteiger partial charge in [0, 0.05) is 16.6 Å². The smallest absolute Gasteiger partial charge is 0.255 e. The summed E-state index contributed by atoms with van der Waals surface area (Å²) in [4.78, 5) is 17.4. The molecule has 4 aromatic rings. The number of aliphatic hydroxyl groups is 4. The number of aliphatic hydroxyl groups excluding tert-OH is 4. The molecule has 1 aliphatic heterocycles. The Bertz CT molecular complexity index is 1320. The standard InChI is InChI=1S/C24H22N2O6S/c27-11-17-19(28)20(29)21(30)22(32-17)24-26-16-10-13(8-9-18(16)33-24)23(31)25-15-7-3-5-12-4-1-2-6-14(12)15/h1-10,17,19-22,27-30H,11H2,(H,25,31)/t17-,19+,20+,21-,22-/m1/s1. The first-order valence-corrected chi connectivity index (χ1v) is 11.3. The van der Waals surface area contributed by atoms with Crippen LogP contribution >= 0.6 is 11.3 Å². The molecule has 33 heavy (non-hydrogen) atoms. The number of nitrogens with one attached hydrogen (secondary N) is 1. The number of hydrogen-bond donors (Lipinski definition) is 5. The van der Waals surface area contributed by atoms with Gasteiger partial charge in [0.05, 0.1) is 16.8 Å². The molecular weight excluding hydrogens is 444 g/mol. The molecule has 5 rings (SSSR count). The van der Waals surface area contributed by atoms with E-state index in [9.17, 15) is 25.2 Å². The summed E-state index contributed by atoms with van der Waals surface area (Å²) >= 11 is 1.25.